The maximum atomic E-state index is 13.2. The van der Waals surface area contributed by atoms with Crippen molar-refractivity contribution in [3.8, 4) is 11.4 Å². The van der Waals surface area contributed by atoms with Crippen LogP contribution in [0.2, 0.25) is 0 Å². The number of benzene rings is 3. The highest BCUT2D eigenvalue weighted by Crippen LogP contribution is 2.30. The molecule has 0 aliphatic carbocycles. The average molecular weight is 639 g/mol. The zero-order chi connectivity index (χ0) is 30.9. The number of hydrogen-bond donors (Lipinski definition) is 1. The van der Waals surface area contributed by atoms with E-state index in [0.717, 1.165) is 20.7 Å². The van der Waals surface area contributed by atoms with Gasteiger partial charge in [0.2, 0.25) is 22.6 Å². The lowest BCUT2D eigenvalue weighted by Gasteiger charge is -2.36. The van der Waals surface area contributed by atoms with E-state index < -0.39 is 0 Å². The quantitative estimate of drug-likeness (QED) is 0.214. The first-order valence-corrected chi connectivity index (χ1v) is 16.4. The Morgan fingerprint density at radius 1 is 0.978 bits per heavy atom. The predicted molar refractivity (Wildman–Crippen MR) is 175 cm³/mol. The molecule has 45 heavy (non-hydrogen) atoms. The molecule has 0 saturated carbocycles. The lowest BCUT2D eigenvalue weighted by Crippen LogP contribution is -2.49. The van der Waals surface area contributed by atoms with E-state index >= 15 is 0 Å². The molecule has 3 aromatic carbocycles. The Bertz CT molecular complexity index is 1980. The molecule has 1 atom stereocenters. The van der Waals surface area contributed by atoms with Crippen molar-refractivity contribution in [2.24, 2.45) is 0 Å². The minimum Gasteiger partial charge on any atom is -0.337 e. The Hall–Kier alpha value is -4.59. The first-order valence-electron chi connectivity index (χ1n) is 14.6. The molecular formula is C32H30N8O3S2. The normalized spacial score (nSPS) is 14.7. The number of piperazine rings is 1. The van der Waals surface area contributed by atoms with Crippen LogP contribution < -0.4 is 5.32 Å². The Labute approximate surface area is 267 Å². The fourth-order valence-electron chi connectivity index (χ4n) is 5.35. The predicted octanol–water partition coefficient (Wildman–Crippen LogP) is 5.55. The SMILES string of the molecule is Cc1ccc(-c2noc(C(C)N3CCN(C(=O)c4ccc(NC(=O)CSc5nnc6sc7ccccc7n56)cc4)CC3)n2)cc1. The van der Waals surface area contributed by atoms with Crippen LogP contribution in [0.1, 0.15) is 34.8 Å². The number of thioether (sulfide) groups is 1. The summed E-state index contributed by atoms with van der Waals surface area (Å²) in [6.07, 6.45) is 0. The first-order chi connectivity index (χ1) is 21.9. The molecule has 3 aromatic heterocycles. The van der Waals surface area contributed by atoms with Crippen molar-refractivity contribution in [3.63, 3.8) is 0 Å². The van der Waals surface area contributed by atoms with Crippen LogP contribution in [0, 0.1) is 6.92 Å². The summed E-state index contributed by atoms with van der Waals surface area (Å²) in [7, 11) is 0. The molecule has 13 heteroatoms. The molecule has 1 aliphatic rings. The summed E-state index contributed by atoms with van der Waals surface area (Å²) in [5.41, 5.74) is 4.34. The molecule has 1 saturated heterocycles. The van der Waals surface area contributed by atoms with E-state index in [0.29, 0.717) is 54.3 Å². The van der Waals surface area contributed by atoms with Gasteiger partial charge in [0.25, 0.3) is 5.91 Å². The van der Waals surface area contributed by atoms with Crippen molar-refractivity contribution in [2.45, 2.75) is 25.0 Å². The lowest BCUT2D eigenvalue weighted by molar-refractivity contribution is -0.113. The third-order valence-corrected chi connectivity index (χ3v) is 9.86. The molecule has 6 aromatic rings. The van der Waals surface area contributed by atoms with Crippen LogP contribution in [0.15, 0.2) is 82.5 Å². The number of para-hydroxylation sites is 1. The number of fused-ring (bicyclic) bond motifs is 3. The maximum Gasteiger partial charge on any atom is 0.253 e. The number of aromatic nitrogens is 5. The van der Waals surface area contributed by atoms with Crippen molar-refractivity contribution in [1.82, 2.24) is 34.5 Å². The molecule has 4 heterocycles. The van der Waals surface area contributed by atoms with Gasteiger partial charge in [-0.3, -0.25) is 18.9 Å². The lowest BCUT2D eigenvalue weighted by atomic mass is 10.1. The molecule has 1 unspecified atom stereocenters. The highest BCUT2D eigenvalue weighted by atomic mass is 32.2. The first kappa shape index (κ1) is 29.1. The Morgan fingerprint density at radius 3 is 2.51 bits per heavy atom. The third-order valence-electron chi connectivity index (χ3n) is 7.92. The monoisotopic (exact) mass is 638 g/mol. The molecule has 1 N–H and O–H groups in total. The number of aryl methyl sites for hydroxylation is 1. The van der Waals surface area contributed by atoms with Crippen LogP contribution in [-0.2, 0) is 4.79 Å². The van der Waals surface area contributed by atoms with Gasteiger partial charge in [0, 0.05) is 43.0 Å². The molecule has 1 fully saturated rings. The van der Waals surface area contributed by atoms with Crippen molar-refractivity contribution >= 4 is 55.8 Å². The summed E-state index contributed by atoms with van der Waals surface area (Å²) >= 11 is 2.90. The molecule has 1 aliphatic heterocycles. The zero-order valence-electron chi connectivity index (χ0n) is 24.7. The van der Waals surface area contributed by atoms with Gasteiger partial charge in [-0.05, 0) is 50.2 Å². The van der Waals surface area contributed by atoms with Crippen LogP contribution in [0.3, 0.4) is 0 Å². The number of nitrogens with one attached hydrogen (secondary N) is 1. The largest absolute Gasteiger partial charge is 0.337 e. The topological polar surface area (TPSA) is 122 Å². The van der Waals surface area contributed by atoms with Gasteiger partial charge in [0.15, 0.2) is 5.16 Å². The van der Waals surface area contributed by atoms with Crippen LogP contribution in [0.4, 0.5) is 5.69 Å². The third kappa shape index (κ3) is 6.06. The van der Waals surface area contributed by atoms with Crippen LogP contribution in [-0.4, -0.2) is 78.3 Å². The van der Waals surface area contributed by atoms with Gasteiger partial charge < -0.3 is 14.7 Å². The van der Waals surface area contributed by atoms with Gasteiger partial charge in [-0.15, -0.1) is 10.2 Å². The standard InChI is InChI=1S/C32H30N8O3S2/c1-20-7-9-22(10-8-20)28-34-29(43-37-28)21(2)38-15-17-39(18-16-38)30(42)23-11-13-24(14-12-23)33-27(41)19-44-31-35-36-32-40(31)25-5-3-4-6-26(25)45-32/h3-14,21H,15-19H2,1-2H3,(H,33,41). The van der Waals surface area contributed by atoms with E-state index in [-0.39, 0.29) is 23.6 Å². The van der Waals surface area contributed by atoms with Crippen molar-refractivity contribution in [1.29, 1.82) is 0 Å². The summed E-state index contributed by atoms with van der Waals surface area (Å²) < 4.78 is 8.69. The number of hydrogen-bond acceptors (Lipinski definition) is 10. The average Bonchev–Trinajstić information content (AvgIpc) is 3.80. The fraction of sp³-hybridized carbons (Fsp3) is 0.250. The second kappa shape index (κ2) is 12.4. The van der Waals surface area contributed by atoms with Gasteiger partial charge in [-0.2, -0.15) is 4.98 Å². The van der Waals surface area contributed by atoms with Gasteiger partial charge in [0.1, 0.15) is 0 Å². The van der Waals surface area contributed by atoms with Crippen molar-refractivity contribution < 1.29 is 14.1 Å². The van der Waals surface area contributed by atoms with Gasteiger partial charge >= 0.3 is 0 Å². The number of rotatable bonds is 8. The molecule has 0 spiro atoms. The Morgan fingerprint density at radius 2 is 1.73 bits per heavy atom. The van der Waals surface area contributed by atoms with Crippen molar-refractivity contribution in [2.75, 3.05) is 37.2 Å². The summed E-state index contributed by atoms with van der Waals surface area (Å²) in [5, 5.41) is 16.3. The summed E-state index contributed by atoms with van der Waals surface area (Å²) in [6.45, 7) is 6.66. The van der Waals surface area contributed by atoms with E-state index in [9.17, 15) is 9.59 Å². The molecule has 7 rings (SSSR count). The molecule has 2 amide bonds. The number of anilines is 1. The summed E-state index contributed by atoms with van der Waals surface area (Å²) in [5.74, 6) is 1.14. The van der Waals surface area contributed by atoms with Crippen LogP contribution >= 0.6 is 23.1 Å². The van der Waals surface area contributed by atoms with Crippen LogP contribution in [0.25, 0.3) is 26.6 Å². The highest BCUT2D eigenvalue weighted by Gasteiger charge is 2.28. The summed E-state index contributed by atoms with van der Waals surface area (Å²) in [4.78, 5) is 35.5. The molecule has 228 valence electrons. The van der Waals surface area contributed by atoms with Crippen LogP contribution in [0.5, 0.6) is 0 Å². The Balaban J connectivity index is 0.903. The number of nitrogens with zero attached hydrogens (tertiary/aromatic N) is 7. The van der Waals surface area contributed by atoms with E-state index in [1.807, 2.05) is 71.7 Å². The summed E-state index contributed by atoms with van der Waals surface area (Å²) in [6, 6.07) is 23.0. The number of amides is 2. The van der Waals surface area contributed by atoms with Gasteiger partial charge in [-0.25, -0.2) is 0 Å². The Kier molecular flexibility index (Phi) is 8.04. The van der Waals surface area contributed by atoms with E-state index in [1.165, 1.54) is 17.3 Å². The molecule has 0 bridgehead atoms. The highest BCUT2D eigenvalue weighted by molar-refractivity contribution is 7.99. The second-order valence-electron chi connectivity index (χ2n) is 10.9. The maximum absolute atomic E-state index is 13.2. The number of thiazole rings is 1. The molecular weight excluding hydrogens is 609 g/mol. The minimum absolute atomic E-state index is 0.0333. The van der Waals surface area contributed by atoms with Gasteiger partial charge in [0.05, 0.1) is 22.0 Å². The van der Waals surface area contributed by atoms with Gasteiger partial charge in [-0.1, -0.05) is 70.2 Å². The molecule has 11 nitrogen and oxygen atoms in total. The molecule has 0 radical (unpaired) electrons. The van der Waals surface area contributed by atoms with E-state index in [4.69, 9.17) is 4.52 Å². The smallest absolute Gasteiger partial charge is 0.253 e. The minimum atomic E-state index is -0.159. The van der Waals surface area contributed by atoms with E-state index in [2.05, 4.69) is 30.6 Å². The zero-order valence-corrected chi connectivity index (χ0v) is 26.3. The number of carbonyl (C=O) groups excluding carboxylic acids is 2. The van der Waals surface area contributed by atoms with Crippen molar-refractivity contribution in [3.05, 3.63) is 89.8 Å². The number of carbonyl (C=O) groups is 2. The second-order valence-corrected chi connectivity index (χ2v) is 12.9. The fourth-order valence-corrected chi connectivity index (χ4v) is 7.12. The van der Waals surface area contributed by atoms with E-state index in [1.54, 1.807) is 35.6 Å².